The number of hydrogen-bond donors (Lipinski definition) is 0. The van der Waals surface area contributed by atoms with E-state index in [1.165, 1.54) is 6.08 Å². The summed E-state index contributed by atoms with van der Waals surface area (Å²) >= 11 is 0. The van der Waals surface area contributed by atoms with Crippen LogP contribution in [0.2, 0.25) is 0 Å². The molecule has 0 radical (unpaired) electrons. The Balaban J connectivity index is 2.26. The Morgan fingerprint density at radius 2 is 2.58 bits per heavy atom. The van der Waals surface area contributed by atoms with Gasteiger partial charge in [0.15, 0.2) is 6.23 Å². The lowest BCUT2D eigenvalue weighted by atomic mass is 10.4. The summed E-state index contributed by atoms with van der Waals surface area (Å²) in [6.07, 6.45) is 2.22. The molecule has 0 aliphatic carbocycles. The van der Waals surface area contributed by atoms with Gasteiger partial charge in [0.25, 0.3) is 0 Å². The van der Waals surface area contributed by atoms with Gasteiger partial charge in [0.05, 0.1) is 0 Å². The first-order chi connectivity index (χ1) is 5.69. The van der Waals surface area contributed by atoms with Crippen molar-refractivity contribution in [2.45, 2.75) is 32.5 Å². The second kappa shape index (κ2) is 3.72. The lowest BCUT2D eigenvalue weighted by Crippen LogP contribution is -2.23. The first-order valence-electron chi connectivity index (χ1n) is 4.27. The highest BCUT2D eigenvalue weighted by atomic mass is 16.6. The number of hydrogen-bond acceptors (Lipinski definition) is 3. The predicted octanol–water partition coefficient (Wildman–Crippen LogP) is 1.16. The molecule has 3 heteroatoms. The molecule has 1 aliphatic rings. The van der Waals surface area contributed by atoms with E-state index in [4.69, 9.17) is 4.74 Å². The molecule has 12 heavy (non-hydrogen) atoms. The normalized spacial score (nSPS) is 29.2. The Hall–Kier alpha value is -0.830. The van der Waals surface area contributed by atoms with Crippen molar-refractivity contribution in [1.29, 1.82) is 0 Å². The van der Waals surface area contributed by atoms with Crippen molar-refractivity contribution in [3.8, 4) is 0 Å². The summed E-state index contributed by atoms with van der Waals surface area (Å²) < 4.78 is 5.02. The van der Waals surface area contributed by atoms with E-state index in [-0.39, 0.29) is 12.2 Å². The third-order valence-electron chi connectivity index (χ3n) is 2.15. The largest absolute Gasteiger partial charge is 0.443 e. The quantitative estimate of drug-likeness (QED) is 0.359. The van der Waals surface area contributed by atoms with Gasteiger partial charge >= 0.3 is 5.97 Å². The van der Waals surface area contributed by atoms with E-state index in [1.807, 2.05) is 6.92 Å². The van der Waals surface area contributed by atoms with E-state index in [2.05, 4.69) is 18.4 Å². The fourth-order valence-electron chi connectivity index (χ4n) is 1.29. The second-order valence-electron chi connectivity index (χ2n) is 3.00. The van der Waals surface area contributed by atoms with Crippen LogP contribution in [0.15, 0.2) is 12.7 Å². The monoisotopic (exact) mass is 169 g/mol. The van der Waals surface area contributed by atoms with Crippen molar-refractivity contribution < 1.29 is 9.53 Å². The van der Waals surface area contributed by atoms with Crippen LogP contribution in [-0.4, -0.2) is 29.7 Å². The van der Waals surface area contributed by atoms with Gasteiger partial charge in [-0.25, -0.2) is 4.79 Å². The molecule has 0 saturated carbocycles. The average molecular weight is 169 g/mol. The Labute approximate surface area is 73.0 Å². The van der Waals surface area contributed by atoms with Gasteiger partial charge in [-0.2, -0.15) is 0 Å². The highest BCUT2D eigenvalue weighted by molar-refractivity contribution is 5.81. The summed E-state index contributed by atoms with van der Waals surface area (Å²) in [5.74, 6) is -0.343. The van der Waals surface area contributed by atoms with Gasteiger partial charge in [-0.05, 0) is 13.3 Å². The smallest absolute Gasteiger partial charge is 0.331 e. The van der Waals surface area contributed by atoms with E-state index in [0.29, 0.717) is 6.04 Å². The fraction of sp³-hybridized carbons (Fsp3) is 0.667. The van der Waals surface area contributed by atoms with Crippen LogP contribution >= 0.6 is 0 Å². The minimum Gasteiger partial charge on any atom is -0.443 e. The summed E-state index contributed by atoms with van der Waals surface area (Å²) in [6, 6.07) is 0.609. The highest BCUT2D eigenvalue weighted by Gasteiger charge is 2.37. The maximum absolute atomic E-state index is 10.8. The Kier molecular flexibility index (Phi) is 2.87. The molecule has 3 nitrogen and oxygen atoms in total. The van der Waals surface area contributed by atoms with E-state index in [0.717, 1.165) is 13.0 Å². The van der Waals surface area contributed by atoms with Crippen LogP contribution in [0.25, 0.3) is 0 Å². The molecule has 3 unspecified atom stereocenters. The molecule has 68 valence electrons. The summed E-state index contributed by atoms with van der Waals surface area (Å²) in [5.41, 5.74) is 0. The number of ether oxygens (including phenoxy) is 1. The molecule has 0 amide bonds. The van der Waals surface area contributed by atoms with E-state index in [1.54, 1.807) is 0 Å². The zero-order chi connectivity index (χ0) is 9.14. The third-order valence-corrected chi connectivity index (χ3v) is 2.15. The fourth-order valence-corrected chi connectivity index (χ4v) is 1.29. The van der Waals surface area contributed by atoms with Crippen molar-refractivity contribution in [3.05, 3.63) is 12.7 Å². The maximum Gasteiger partial charge on any atom is 0.331 e. The Bertz CT molecular complexity index is 191. The van der Waals surface area contributed by atoms with Gasteiger partial charge < -0.3 is 4.74 Å². The van der Waals surface area contributed by atoms with Crippen molar-refractivity contribution >= 4 is 5.97 Å². The van der Waals surface area contributed by atoms with Crippen LogP contribution in [0.1, 0.15) is 20.3 Å². The van der Waals surface area contributed by atoms with Crippen molar-refractivity contribution in [2.24, 2.45) is 0 Å². The number of nitrogens with zero attached hydrogens (tertiary/aromatic N) is 1. The molecular weight excluding hydrogens is 154 g/mol. The molecule has 0 aromatic rings. The molecule has 1 rings (SSSR count). The molecule has 3 atom stereocenters. The molecule has 0 spiro atoms. The number of carbonyl (C=O) groups excluding carboxylic acids is 1. The maximum atomic E-state index is 10.8. The van der Waals surface area contributed by atoms with Gasteiger partial charge in [0.2, 0.25) is 0 Å². The van der Waals surface area contributed by atoms with Crippen LogP contribution in [0.3, 0.4) is 0 Å². The van der Waals surface area contributed by atoms with Crippen LogP contribution in [-0.2, 0) is 9.53 Å². The van der Waals surface area contributed by atoms with E-state index < -0.39 is 0 Å². The molecule has 0 bridgehead atoms. The van der Waals surface area contributed by atoms with Crippen molar-refractivity contribution in [2.75, 3.05) is 6.54 Å². The number of carbonyl (C=O) groups is 1. The summed E-state index contributed by atoms with van der Waals surface area (Å²) in [6.45, 7) is 8.40. The Morgan fingerprint density at radius 1 is 1.92 bits per heavy atom. The van der Waals surface area contributed by atoms with Crippen molar-refractivity contribution in [1.82, 2.24) is 4.90 Å². The lowest BCUT2D eigenvalue weighted by molar-refractivity contribution is -0.147. The molecule has 1 fully saturated rings. The van der Waals surface area contributed by atoms with Crippen LogP contribution in [0.4, 0.5) is 0 Å². The first-order valence-corrected chi connectivity index (χ1v) is 4.27. The van der Waals surface area contributed by atoms with E-state index in [9.17, 15) is 4.79 Å². The summed E-state index contributed by atoms with van der Waals surface area (Å²) in [4.78, 5) is 12.9. The Morgan fingerprint density at radius 3 is 3.00 bits per heavy atom. The van der Waals surface area contributed by atoms with E-state index >= 15 is 0 Å². The predicted molar refractivity (Wildman–Crippen MR) is 46.5 cm³/mol. The van der Waals surface area contributed by atoms with Gasteiger partial charge in [0.1, 0.15) is 0 Å². The van der Waals surface area contributed by atoms with Crippen LogP contribution < -0.4 is 0 Å². The average Bonchev–Trinajstić information content (AvgIpc) is 2.82. The molecule has 0 N–H and O–H groups in total. The third kappa shape index (κ3) is 2.08. The molecular formula is C9H15NO2. The summed E-state index contributed by atoms with van der Waals surface area (Å²) in [7, 11) is 0. The standard InChI is InChI=1S/C9H15NO2/c1-4-8-6-10(8)7(3)12-9(11)5-2/h5,7-8H,2,4,6H2,1,3H3. The minimum absolute atomic E-state index is 0.0968. The number of esters is 1. The van der Waals surface area contributed by atoms with Gasteiger partial charge in [-0.1, -0.05) is 13.5 Å². The molecule has 0 aromatic heterocycles. The molecule has 0 aromatic carbocycles. The SMILES string of the molecule is C=CC(=O)OC(C)N1CC1CC. The van der Waals surface area contributed by atoms with Gasteiger partial charge in [0, 0.05) is 18.7 Å². The zero-order valence-electron chi connectivity index (χ0n) is 7.62. The zero-order valence-corrected chi connectivity index (χ0v) is 7.62. The second-order valence-corrected chi connectivity index (χ2v) is 3.00. The highest BCUT2D eigenvalue weighted by Crippen LogP contribution is 2.24. The van der Waals surface area contributed by atoms with Crippen LogP contribution in [0.5, 0.6) is 0 Å². The minimum atomic E-state index is -0.343. The van der Waals surface area contributed by atoms with Crippen molar-refractivity contribution in [3.63, 3.8) is 0 Å². The molecule has 1 saturated heterocycles. The lowest BCUT2D eigenvalue weighted by Gasteiger charge is -2.13. The topological polar surface area (TPSA) is 29.3 Å². The number of rotatable bonds is 4. The van der Waals surface area contributed by atoms with Crippen LogP contribution in [0, 0.1) is 0 Å². The molecule has 1 heterocycles. The molecule has 1 aliphatic heterocycles. The van der Waals surface area contributed by atoms with Gasteiger partial charge in [-0.15, -0.1) is 0 Å². The first kappa shape index (κ1) is 9.26. The van der Waals surface area contributed by atoms with Gasteiger partial charge in [-0.3, -0.25) is 4.90 Å². The summed E-state index contributed by atoms with van der Waals surface area (Å²) in [5, 5.41) is 0.